The van der Waals surface area contributed by atoms with Crippen LogP contribution in [0.4, 0.5) is 4.79 Å². The van der Waals surface area contributed by atoms with Crippen molar-refractivity contribution in [3.8, 4) is 0 Å². The van der Waals surface area contributed by atoms with Gasteiger partial charge < -0.3 is 15.3 Å². The van der Waals surface area contributed by atoms with Gasteiger partial charge >= 0.3 is 12.0 Å². The number of carbonyl (C=O) groups is 2. The van der Waals surface area contributed by atoms with Crippen molar-refractivity contribution < 1.29 is 14.7 Å². The lowest BCUT2D eigenvalue weighted by atomic mass is 9.97. The third-order valence-corrected chi connectivity index (χ3v) is 3.73. The van der Waals surface area contributed by atoms with Crippen molar-refractivity contribution in [2.24, 2.45) is 0 Å². The van der Waals surface area contributed by atoms with E-state index < -0.39 is 5.97 Å². The molecule has 0 aliphatic carbocycles. The summed E-state index contributed by atoms with van der Waals surface area (Å²) in [7, 11) is 0. The van der Waals surface area contributed by atoms with E-state index in [1.165, 1.54) is 0 Å². The highest BCUT2D eigenvalue weighted by Gasteiger charge is 2.22. The Hall–Kier alpha value is -2.04. The van der Waals surface area contributed by atoms with E-state index in [2.05, 4.69) is 5.32 Å². The van der Waals surface area contributed by atoms with Gasteiger partial charge in [-0.1, -0.05) is 13.0 Å². The lowest BCUT2D eigenvalue weighted by Gasteiger charge is -2.30. The lowest BCUT2D eigenvalue weighted by molar-refractivity contribution is 0.0696. The number of fused-ring (bicyclic) bond motifs is 1. The van der Waals surface area contributed by atoms with E-state index in [4.69, 9.17) is 5.11 Å². The molecule has 1 aromatic carbocycles. The molecule has 20 heavy (non-hydrogen) atoms. The molecule has 108 valence electrons. The molecule has 0 spiro atoms. The summed E-state index contributed by atoms with van der Waals surface area (Å²) in [6.07, 6.45) is 1.66. The molecule has 0 fully saturated rings. The van der Waals surface area contributed by atoms with Gasteiger partial charge in [-0.3, -0.25) is 0 Å². The van der Waals surface area contributed by atoms with Gasteiger partial charge in [0.25, 0.3) is 0 Å². The average Bonchev–Trinajstić information content (AvgIpc) is 2.45. The van der Waals surface area contributed by atoms with E-state index in [1.807, 2.05) is 19.9 Å². The summed E-state index contributed by atoms with van der Waals surface area (Å²) < 4.78 is 0. The van der Waals surface area contributed by atoms with Crippen molar-refractivity contribution in [1.29, 1.82) is 0 Å². The van der Waals surface area contributed by atoms with Crippen LogP contribution >= 0.6 is 0 Å². The standard InChI is InChI=1S/C15H20N2O3/c1-3-10(2)16-15(20)17-7-6-11-4-5-12(14(18)19)8-13(11)9-17/h4-5,8,10H,3,6-7,9H2,1-2H3,(H,16,20)(H,18,19). The molecule has 2 amide bonds. The highest BCUT2D eigenvalue weighted by Crippen LogP contribution is 2.20. The maximum Gasteiger partial charge on any atom is 0.335 e. The Labute approximate surface area is 118 Å². The van der Waals surface area contributed by atoms with Gasteiger partial charge in [0.2, 0.25) is 0 Å². The first-order valence-electron chi connectivity index (χ1n) is 6.91. The summed E-state index contributed by atoms with van der Waals surface area (Å²) in [6, 6.07) is 5.21. The second kappa shape index (κ2) is 5.94. The first-order chi connectivity index (χ1) is 9.51. The molecule has 2 rings (SSSR count). The maximum absolute atomic E-state index is 12.1. The zero-order valence-corrected chi connectivity index (χ0v) is 11.8. The molecule has 0 radical (unpaired) electrons. The number of carbonyl (C=O) groups excluding carboxylic acids is 1. The molecule has 0 aromatic heterocycles. The SMILES string of the molecule is CCC(C)NC(=O)N1CCc2ccc(C(=O)O)cc2C1. The number of nitrogens with zero attached hydrogens (tertiary/aromatic N) is 1. The quantitative estimate of drug-likeness (QED) is 0.889. The Morgan fingerprint density at radius 1 is 1.40 bits per heavy atom. The lowest BCUT2D eigenvalue weighted by Crippen LogP contribution is -2.45. The number of amides is 2. The molecular formula is C15H20N2O3. The summed E-state index contributed by atoms with van der Waals surface area (Å²) >= 11 is 0. The van der Waals surface area contributed by atoms with Crippen LogP contribution in [0.25, 0.3) is 0 Å². The Morgan fingerprint density at radius 3 is 2.80 bits per heavy atom. The minimum absolute atomic E-state index is 0.0780. The first kappa shape index (κ1) is 14.4. The third kappa shape index (κ3) is 3.10. The van der Waals surface area contributed by atoms with Crippen LogP contribution in [0.5, 0.6) is 0 Å². The number of aromatic carboxylic acids is 1. The van der Waals surface area contributed by atoms with Crippen molar-refractivity contribution in [1.82, 2.24) is 10.2 Å². The molecule has 1 unspecified atom stereocenters. The number of nitrogens with one attached hydrogen (secondary N) is 1. The van der Waals surface area contributed by atoms with E-state index in [1.54, 1.807) is 17.0 Å². The van der Waals surface area contributed by atoms with Crippen LogP contribution in [0.3, 0.4) is 0 Å². The minimum Gasteiger partial charge on any atom is -0.478 e. The molecule has 1 aromatic rings. The van der Waals surface area contributed by atoms with Gasteiger partial charge in [-0.2, -0.15) is 0 Å². The normalized spacial score (nSPS) is 15.4. The van der Waals surface area contributed by atoms with Gasteiger partial charge in [-0.05, 0) is 43.0 Å². The number of urea groups is 1. The number of benzene rings is 1. The van der Waals surface area contributed by atoms with Crippen LogP contribution in [0, 0.1) is 0 Å². The summed E-state index contributed by atoms with van der Waals surface area (Å²) in [6.45, 7) is 5.13. The smallest absolute Gasteiger partial charge is 0.335 e. The molecule has 2 N–H and O–H groups in total. The topological polar surface area (TPSA) is 69.6 Å². The van der Waals surface area contributed by atoms with Crippen molar-refractivity contribution in [2.45, 2.75) is 39.3 Å². The Bertz CT molecular complexity index is 528. The number of rotatable bonds is 3. The van der Waals surface area contributed by atoms with Crippen LogP contribution in [0.15, 0.2) is 18.2 Å². The monoisotopic (exact) mass is 276 g/mol. The van der Waals surface area contributed by atoms with E-state index in [0.717, 1.165) is 24.0 Å². The zero-order chi connectivity index (χ0) is 14.7. The van der Waals surface area contributed by atoms with Crippen LogP contribution in [-0.2, 0) is 13.0 Å². The Morgan fingerprint density at radius 2 is 2.15 bits per heavy atom. The fourth-order valence-corrected chi connectivity index (χ4v) is 2.27. The number of carboxylic acids is 1. The summed E-state index contributed by atoms with van der Waals surface area (Å²) in [4.78, 5) is 24.8. The van der Waals surface area contributed by atoms with Gasteiger partial charge in [0.15, 0.2) is 0 Å². The van der Waals surface area contributed by atoms with Crippen molar-refractivity contribution in [2.75, 3.05) is 6.54 Å². The van der Waals surface area contributed by atoms with Gasteiger partial charge in [-0.25, -0.2) is 9.59 Å². The summed E-state index contributed by atoms with van der Waals surface area (Å²) in [5, 5.41) is 12.0. The third-order valence-electron chi connectivity index (χ3n) is 3.73. The van der Waals surface area contributed by atoms with Crippen molar-refractivity contribution in [3.63, 3.8) is 0 Å². The molecule has 0 saturated heterocycles. The molecule has 0 saturated carbocycles. The molecule has 1 aliphatic heterocycles. The second-order valence-corrected chi connectivity index (χ2v) is 5.22. The van der Waals surface area contributed by atoms with Gasteiger partial charge in [0.1, 0.15) is 0 Å². The van der Waals surface area contributed by atoms with Gasteiger partial charge in [0, 0.05) is 19.1 Å². The average molecular weight is 276 g/mol. The molecule has 0 bridgehead atoms. The number of hydrogen-bond acceptors (Lipinski definition) is 2. The molecule has 1 aliphatic rings. The minimum atomic E-state index is -0.936. The van der Waals surface area contributed by atoms with Crippen LogP contribution in [-0.4, -0.2) is 34.6 Å². The predicted molar refractivity (Wildman–Crippen MR) is 75.8 cm³/mol. The van der Waals surface area contributed by atoms with E-state index >= 15 is 0 Å². The van der Waals surface area contributed by atoms with E-state index in [0.29, 0.717) is 13.1 Å². The zero-order valence-electron chi connectivity index (χ0n) is 11.8. The van der Waals surface area contributed by atoms with Gasteiger partial charge in [0.05, 0.1) is 5.56 Å². The highest BCUT2D eigenvalue weighted by atomic mass is 16.4. The Kier molecular flexibility index (Phi) is 4.27. The molecule has 5 nitrogen and oxygen atoms in total. The van der Waals surface area contributed by atoms with E-state index in [-0.39, 0.29) is 17.6 Å². The van der Waals surface area contributed by atoms with Crippen molar-refractivity contribution in [3.05, 3.63) is 34.9 Å². The summed E-state index contributed by atoms with van der Waals surface area (Å²) in [5.74, 6) is -0.936. The van der Waals surface area contributed by atoms with E-state index in [9.17, 15) is 9.59 Å². The first-order valence-corrected chi connectivity index (χ1v) is 6.91. The second-order valence-electron chi connectivity index (χ2n) is 5.22. The maximum atomic E-state index is 12.1. The molecule has 5 heteroatoms. The fraction of sp³-hybridized carbons (Fsp3) is 0.467. The highest BCUT2D eigenvalue weighted by molar-refractivity contribution is 5.88. The van der Waals surface area contributed by atoms with Crippen LogP contribution in [0.2, 0.25) is 0 Å². The van der Waals surface area contributed by atoms with Crippen molar-refractivity contribution >= 4 is 12.0 Å². The van der Waals surface area contributed by atoms with Crippen LogP contribution in [0.1, 0.15) is 41.8 Å². The largest absolute Gasteiger partial charge is 0.478 e. The molecule has 1 atom stereocenters. The fourth-order valence-electron chi connectivity index (χ4n) is 2.27. The molecular weight excluding hydrogens is 256 g/mol. The van der Waals surface area contributed by atoms with Gasteiger partial charge in [-0.15, -0.1) is 0 Å². The number of hydrogen-bond donors (Lipinski definition) is 2. The van der Waals surface area contributed by atoms with Crippen LogP contribution < -0.4 is 5.32 Å². The molecule has 1 heterocycles. The predicted octanol–water partition coefficient (Wildman–Crippen LogP) is 2.25. The summed E-state index contributed by atoms with van der Waals surface area (Å²) in [5.41, 5.74) is 2.32. The Balaban J connectivity index is 2.11. The number of carboxylic acid groups (broad SMARTS) is 1.